The van der Waals surface area contributed by atoms with Crippen molar-refractivity contribution >= 4 is 74.5 Å². The Morgan fingerprint density at radius 1 is 0.494 bits per heavy atom. The molecular weight excluding hydrogens is 999 g/mol. The summed E-state index contributed by atoms with van der Waals surface area (Å²) in [7, 11) is -5.39. The van der Waals surface area contributed by atoms with Crippen LogP contribution in [0.25, 0.3) is 77.2 Å². The average Bonchev–Trinajstić information content (AvgIpc) is 4.16. The van der Waals surface area contributed by atoms with Crippen LogP contribution in [-0.2, 0) is 9.13 Å². The third-order valence-electron chi connectivity index (χ3n) is 16.9. The van der Waals surface area contributed by atoms with E-state index < -0.39 is 14.9 Å². The van der Waals surface area contributed by atoms with Crippen LogP contribution in [-0.4, -0.2) is 9.13 Å². The SMILES string of the molecule is C/C=C(\[C@H](C)C(C)c1ccc2c(c1)c1cc(-c3ccc4c(c3)c3cc(-c5cccc(P(=O)(c6ccccc6)c6ccccc6)c5)ccc3n4-c3ccccc3)ccc1n2-c1ccccc1)[PH](=O)C1=CCCCC1c1ccccc1. The van der Waals surface area contributed by atoms with Crippen molar-refractivity contribution in [2.24, 2.45) is 5.92 Å². The van der Waals surface area contributed by atoms with Crippen LogP contribution in [0.1, 0.15) is 63.0 Å². The number of rotatable bonds is 13. The first-order valence-electron chi connectivity index (χ1n) is 27.8. The first kappa shape index (κ1) is 50.3. The summed E-state index contributed by atoms with van der Waals surface area (Å²) in [4.78, 5) is 0. The van der Waals surface area contributed by atoms with Gasteiger partial charge in [0.1, 0.15) is 7.80 Å². The van der Waals surface area contributed by atoms with Crippen molar-refractivity contribution in [3.63, 3.8) is 0 Å². The smallest absolute Gasteiger partial charge is 0.171 e. The highest BCUT2D eigenvalue weighted by Gasteiger charge is 2.32. The standard InChI is InChI=1S/C73H62N2O2P2/c1-4-72(78(76)73-36-21-20-35-63(73)52-23-10-5-11-24-52)51(3)50(2)53-37-41-68-64(46-53)65-48-56(39-43-69(65)74(68)58-26-12-6-13-27-58)57-40-44-71-67(49-57)66-47-55(38-42-70(66)75(71)59-28-14-7-15-29-59)54-25-22-34-62(45-54)79(77,60-30-16-8-17-31-60)61-32-18-9-19-33-61/h4-19,22-34,36-51,63,78H,20-21,35H2,1-3H3/b72-4+/t50?,51-,63?/m1/s1. The van der Waals surface area contributed by atoms with Gasteiger partial charge in [-0.15, -0.1) is 0 Å². The van der Waals surface area contributed by atoms with Crippen molar-refractivity contribution in [1.29, 1.82) is 0 Å². The minimum absolute atomic E-state index is 0.0747. The Bertz CT molecular complexity index is 4320. The molecule has 79 heavy (non-hydrogen) atoms. The van der Waals surface area contributed by atoms with Gasteiger partial charge in [0, 0.05) is 54.8 Å². The largest absolute Gasteiger partial charge is 0.318 e. The molecule has 0 aliphatic heterocycles. The van der Waals surface area contributed by atoms with Crippen LogP contribution in [0.15, 0.2) is 272 Å². The minimum Gasteiger partial charge on any atom is -0.318 e. The highest BCUT2D eigenvalue weighted by atomic mass is 31.2. The summed E-state index contributed by atoms with van der Waals surface area (Å²) in [5, 5.41) is 9.33. The lowest BCUT2D eigenvalue weighted by molar-refractivity contribution is 0.555. The molecule has 0 fully saturated rings. The molecule has 0 bridgehead atoms. The lowest BCUT2D eigenvalue weighted by Gasteiger charge is -2.29. The molecule has 13 rings (SSSR count). The van der Waals surface area contributed by atoms with Gasteiger partial charge in [-0.2, -0.15) is 0 Å². The number of fused-ring (bicyclic) bond motifs is 6. The predicted molar refractivity (Wildman–Crippen MR) is 337 cm³/mol. The maximum Gasteiger partial charge on any atom is 0.171 e. The zero-order chi connectivity index (χ0) is 53.6. The first-order chi connectivity index (χ1) is 38.8. The molecule has 12 aromatic rings. The fourth-order valence-corrected chi connectivity index (χ4v) is 17.6. The number of aromatic nitrogens is 2. The van der Waals surface area contributed by atoms with Crippen molar-refractivity contribution < 1.29 is 9.13 Å². The second kappa shape index (κ2) is 21.2. The molecule has 0 radical (unpaired) electrons. The van der Waals surface area contributed by atoms with Crippen LogP contribution in [0.4, 0.5) is 0 Å². The fraction of sp³-hybridized carbons (Fsp3) is 0.123. The van der Waals surface area contributed by atoms with Gasteiger partial charge in [0.15, 0.2) is 7.14 Å². The fourth-order valence-electron chi connectivity index (χ4n) is 12.7. The van der Waals surface area contributed by atoms with E-state index in [1.807, 2.05) is 72.8 Å². The Hall–Kier alpha value is -8.26. The van der Waals surface area contributed by atoms with Crippen molar-refractivity contribution in [1.82, 2.24) is 9.13 Å². The summed E-state index contributed by atoms with van der Waals surface area (Å²) < 4.78 is 35.2. The van der Waals surface area contributed by atoms with Crippen molar-refractivity contribution in [3.8, 4) is 33.6 Å². The Kier molecular flexibility index (Phi) is 13.5. The van der Waals surface area contributed by atoms with E-state index in [9.17, 15) is 4.57 Å². The van der Waals surface area contributed by atoms with Gasteiger partial charge in [-0.25, -0.2) is 0 Å². The van der Waals surface area contributed by atoms with Crippen molar-refractivity contribution in [3.05, 3.63) is 283 Å². The number of hydrogen-bond donors (Lipinski definition) is 0. The van der Waals surface area contributed by atoms with Crippen LogP contribution < -0.4 is 15.9 Å². The van der Waals surface area contributed by atoms with E-state index in [-0.39, 0.29) is 17.8 Å². The Balaban J connectivity index is 0.916. The molecule has 6 heteroatoms. The van der Waals surface area contributed by atoms with Crippen LogP contribution >= 0.6 is 14.9 Å². The van der Waals surface area contributed by atoms with Crippen LogP contribution in [0, 0.1) is 5.92 Å². The third-order valence-corrected chi connectivity index (χ3v) is 22.3. The molecule has 4 atom stereocenters. The number of nitrogens with zero attached hydrogens (tertiary/aromatic N) is 2. The van der Waals surface area contributed by atoms with Crippen LogP contribution in [0.3, 0.4) is 0 Å². The van der Waals surface area contributed by atoms with E-state index in [1.54, 1.807) is 0 Å². The molecule has 1 aliphatic carbocycles. The Morgan fingerprint density at radius 2 is 0.924 bits per heavy atom. The molecule has 10 aromatic carbocycles. The summed E-state index contributed by atoms with van der Waals surface area (Å²) in [6.45, 7) is 6.67. The molecule has 2 heterocycles. The summed E-state index contributed by atoms with van der Waals surface area (Å²) in [6, 6.07) is 87.8. The van der Waals surface area contributed by atoms with E-state index in [0.717, 1.165) is 112 Å². The molecular formula is C73H62N2O2P2. The topological polar surface area (TPSA) is 44.0 Å². The second-order valence-electron chi connectivity index (χ2n) is 21.3. The van der Waals surface area contributed by atoms with Gasteiger partial charge in [-0.3, -0.25) is 0 Å². The number of allylic oxidation sites excluding steroid dienone is 4. The Morgan fingerprint density at radius 3 is 1.42 bits per heavy atom. The molecule has 3 unspecified atom stereocenters. The van der Waals surface area contributed by atoms with E-state index >= 15 is 4.57 Å². The second-order valence-corrected chi connectivity index (χ2v) is 25.9. The normalized spacial score (nSPS) is 15.4. The van der Waals surface area contributed by atoms with Gasteiger partial charge in [-0.05, 0) is 161 Å². The summed E-state index contributed by atoms with van der Waals surface area (Å²) in [5.74, 6) is 0.396. The van der Waals surface area contributed by atoms with Crippen LogP contribution in [0.2, 0.25) is 0 Å². The van der Waals surface area contributed by atoms with E-state index in [2.05, 4.69) is 218 Å². The highest BCUT2D eigenvalue weighted by Crippen LogP contribution is 2.56. The molecule has 0 N–H and O–H groups in total. The maximum atomic E-state index is 15.6. The number of hydrogen-bond acceptors (Lipinski definition) is 2. The summed E-state index contributed by atoms with van der Waals surface area (Å²) in [5.41, 5.74) is 13.6. The van der Waals surface area contributed by atoms with Gasteiger partial charge in [0.25, 0.3) is 0 Å². The average molecular weight is 1060 g/mol. The van der Waals surface area contributed by atoms with Gasteiger partial charge in [0.05, 0.1) is 22.1 Å². The molecule has 0 amide bonds. The quantitative estimate of drug-likeness (QED) is 0.108. The number of para-hydroxylation sites is 2. The third kappa shape index (κ3) is 8.98. The summed E-state index contributed by atoms with van der Waals surface area (Å²) >= 11 is 0. The van der Waals surface area contributed by atoms with Gasteiger partial charge in [0.2, 0.25) is 0 Å². The van der Waals surface area contributed by atoms with Crippen LogP contribution in [0.5, 0.6) is 0 Å². The first-order valence-corrected chi connectivity index (χ1v) is 31.0. The van der Waals surface area contributed by atoms with E-state index in [4.69, 9.17) is 0 Å². The zero-order valence-electron chi connectivity index (χ0n) is 44.8. The van der Waals surface area contributed by atoms with E-state index in [1.165, 1.54) is 21.9 Å². The maximum absolute atomic E-state index is 15.6. The van der Waals surface area contributed by atoms with Gasteiger partial charge in [-0.1, -0.05) is 196 Å². The highest BCUT2D eigenvalue weighted by molar-refractivity contribution is 7.85. The molecule has 0 spiro atoms. The monoisotopic (exact) mass is 1060 g/mol. The van der Waals surface area contributed by atoms with Crippen molar-refractivity contribution in [2.75, 3.05) is 0 Å². The van der Waals surface area contributed by atoms with E-state index in [0.29, 0.717) is 0 Å². The molecule has 1 aliphatic rings. The minimum atomic E-state index is -3.19. The molecule has 386 valence electrons. The zero-order valence-corrected chi connectivity index (χ0v) is 46.7. The molecule has 2 aromatic heterocycles. The van der Waals surface area contributed by atoms with Gasteiger partial charge >= 0.3 is 0 Å². The Labute approximate surface area is 464 Å². The predicted octanol–water partition coefficient (Wildman–Crippen LogP) is 18.9. The van der Waals surface area contributed by atoms with Crippen molar-refractivity contribution in [2.45, 2.75) is 51.9 Å². The lowest BCUT2D eigenvalue weighted by atomic mass is 9.87. The lowest BCUT2D eigenvalue weighted by Crippen LogP contribution is -2.25. The molecule has 4 nitrogen and oxygen atoms in total. The van der Waals surface area contributed by atoms with Gasteiger partial charge < -0.3 is 18.3 Å². The molecule has 0 saturated carbocycles. The number of benzene rings is 10. The molecule has 0 saturated heterocycles. The summed E-state index contributed by atoms with van der Waals surface area (Å²) in [6.07, 6.45) is 7.59.